The molecule has 1 saturated heterocycles. The number of carbonyl (C=O) groups is 1. The summed E-state index contributed by atoms with van der Waals surface area (Å²) in [6.45, 7) is 2.57. The molecule has 2 fully saturated rings. The lowest BCUT2D eigenvalue weighted by Gasteiger charge is -2.23. The summed E-state index contributed by atoms with van der Waals surface area (Å²) in [6.07, 6.45) is 3.29. The van der Waals surface area contributed by atoms with Crippen LogP contribution in [0.4, 0.5) is 0 Å². The minimum absolute atomic E-state index is 0.180. The first kappa shape index (κ1) is 15.2. The highest BCUT2D eigenvalue weighted by Crippen LogP contribution is 2.58. The van der Waals surface area contributed by atoms with E-state index in [1.807, 2.05) is 18.2 Å². The summed E-state index contributed by atoms with van der Waals surface area (Å²) in [6, 6.07) is 5.66. The second-order valence-electron chi connectivity index (χ2n) is 6.26. The number of carbonyl (C=O) groups excluding carboxylic acids is 1. The summed E-state index contributed by atoms with van der Waals surface area (Å²) < 4.78 is 10.6. The van der Waals surface area contributed by atoms with Gasteiger partial charge in [-0.05, 0) is 49.9 Å². The van der Waals surface area contributed by atoms with Crippen LogP contribution >= 0.6 is 0 Å². The van der Waals surface area contributed by atoms with Crippen LogP contribution in [0.15, 0.2) is 18.2 Å². The van der Waals surface area contributed by atoms with Crippen LogP contribution in [0.1, 0.15) is 24.8 Å². The number of piperidine rings is 1. The molecule has 1 atom stereocenters. The Hall–Kier alpha value is -1.75. The molecular formula is C17H24N2O3. The fourth-order valence-electron chi connectivity index (χ4n) is 3.50. The second kappa shape index (κ2) is 6.16. The van der Waals surface area contributed by atoms with E-state index in [2.05, 4.69) is 10.6 Å². The average molecular weight is 304 g/mol. The number of amides is 1. The van der Waals surface area contributed by atoms with E-state index < -0.39 is 0 Å². The van der Waals surface area contributed by atoms with Crippen LogP contribution in [0, 0.1) is 11.3 Å². The molecule has 22 heavy (non-hydrogen) atoms. The van der Waals surface area contributed by atoms with Crippen molar-refractivity contribution in [2.45, 2.75) is 25.8 Å². The van der Waals surface area contributed by atoms with E-state index in [-0.39, 0.29) is 17.2 Å². The highest BCUT2D eigenvalue weighted by Gasteiger charge is 2.57. The molecule has 120 valence electrons. The van der Waals surface area contributed by atoms with Gasteiger partial charge in [-0.1, -0.05) is 0 Å². The number of methoxy groups -OCH3 is 2. The molecule has 5 heteroatoms. The van der Waals surface area contributed by atoms with E-state index >= 15 is 0 Å². The second-order valence-corrected chi connectivity index (χ2v) is 6.26. The van der Waals surface area contributed by atoms with Crippen molar-refractivity contribution in [1.82, 2.24) is 10.6 Å². The Morgan fingerprint density at radius 2 is 2.09 bits per heavy atom. The summed E-state index contributed by atoms with van der Waals surface area (Å²) in [5.41, 5.74) is 1.25. The smallest absolute Gasteiger partial charge is 0.223 e. The highest BCUT2D eigenvalue weighted by atomic mass is 16.5. The van der Waals surface area contributed by atoms with Crippen molar-refractivity contribution in [2.75, 3.05) is 27.3 Å². The SMILES string of the molecule is COc1ccc(CNC(=O)C2CC23CCNCC3)c(OC)c1. The van der Waals surface area contributed by atoms with E-state index in [0.717, 1.165) is 49.4 Å². The number of benzene rings is 1. The van der Waals surface area contributed by atoms with E-state index in [9.17, 15) is 4.79 Å². The maximum Gasteiger partial charge on any atom is 0.223 e. The fraction of sp³-hybridized carbons (Fsp3) is 0.588. The molecule has 0 bridgehead atoms. The third-order valence-electron chi connectivity index (χ3n) is 5.05. The molecule has 3 rings (SSSR count). The van der Waals surface area contributed by atoms with Crippen LogP contribution in [0.2, 0.25) is 0 Å². The number of ether oxygens (including phenoxy) is 2. The molecule has 0 aromatic heterocycles. The van der Waals surface area contributed by atoms with Gasteiger partial charge in [-0.2, -0.15) is 0 Å². The molecule has 1 saturated carbocycles. The lowest BCUT2D eigenvalue weighted by Crippen LogP contribution is -2.33. The molecule has 2 aliphatic rings. The van der Waals surface area contributed by atoms with Gasteiger partial charge in [-0.3, -0.25) is 4.79 Å². The van der Waals surface area contributed by atoms with Gasteiger partial charge in [0.2, 0.25) is 5.91 Å². The van der Waals surface area contributed by atoms with Crippen LogP contribution in [0.3, 0.4) is 0 Å². The van der Waals surface area contributed by atoms with Gasteiger partial charge in [0.05, 0.1) is 14.2 Å². The van der Waals surface area contributed by atoms with Gasteiger partial charge in [0.25, 0.3) is 0 Å². The Labute approximate surface area is 131 Å². The maximum atomic E-state index is 12.4. The first-order valence-electron chi connectivity index (χ1n) is 7.88. The van der Waals surface area contributed by atoms with Gasteiger partial charge in [-0.15, -0.1) is 0 Å². The molecule has 1 amide bonds. The standard InChI is InChI=1S/C17H24N2O3/c1-21-13-4-3-12(15(9-13)22-2)11-19-16(20)14-10-17(14)5-7-18-8-6-17/h3-4,9,14,18H,5-8,10-11H2,1-2H3,(H,19,20). The third kappa shape index (κ3) is 2.90. The van der Waals surface area contributed by atoms with Crippen molar-refractivity contribution in [3.8, 4) is 11.5 Å². The number of hydrogen-bond donors (Lipinski definition) is 2. The monoisotopic (exact) mass is 304 g/mol. The van der Waals surface area contributed by atoms with Crippen LogP contribution in [0.5, 0.6) is 11.5 Å². The predicted molar refractivity (Wildman–Crippen MR) is 84.0 cm³/mol. The zero-order chi connectivity index (χ0) is 15.6. The molecule has 5 nitrogen and oxygen atoms in total. The first-order valence-corrected chi connectivity index (χ1v) is 7.88. The van der Waals surface area contributed by atoms with Crippen molar-refractivity contribution in [2.24, 2.45) is 11.3 Å². The summed E-state index contributed by atoms with van der Waals surface area (Å²) in [5, 5.41) is 6.43. The van der Waals surface area contributed by atoms with Crippen molar-refractivity contribution in [1.29, 1.82) is 0 Å². The quantitative estimate of drug-likeness (QED) is 0.869. The molecule has 1 aromatic rings. The number of rotatable bonds is 5. The largest absolute Gasteiger partial charge is 0.497 e. The molecule has 1 aliphatic carbocycles. The lowest BCUT2D eigenvalue weighted by molar-refractivity contribution is -0.123. The minimum Gasteiger partial charge on any atom is -0.497 e. The Kier molecular flexibility index (Phi) is 4.25. The zero-order valence-corrected chi connectivity index (χ0v) is 13.3. The molecule has 0 radical (unpaired) electrons. The lowest BCUT2D eigenvalue weighted by atomic mass is 9.92. The minimum atomic E-state index is 0.180. The molecule has 1 aromatic carbocycles. The summed E-state index contributed by atoms with van der Waals surface area (Å²) in [7, 11) is 3.26. The van der Waals surface area contributed by atoms with Gasteiger partial charge >= 0.3 is 0 Å². The Balaban J connectivity index is 1.58. The van der Waals surface area contributed by atoms with Crippen LogP contribution < -0.4 is 20.1 Å². The van der Waals surface area contributed by atoms with Gasteiger partial charge in [-0.25, -0.2) is 0 Å². The van der Waals surface area contributed by atoms with Gasteiger partial charge in [0, 0.05) is 24.1 Å². The Bertz CT molecular complexity index is 553. The molecular weight excluding hydrogens is 280 g/mol. The van der Waals surface area contributed by atoms with Crippen molar-refractivity contribution >= 4 is 5.91 Å². The summed E-state index contributed by atoms with van der Waals surface area (Å²) >= 11 is 0. The van der Waals surface area contributed by atoms with Gasteiger partial charge < -0.3 is 20.1 Å². The van der Waals surface area contributed by atoms with Crippen molar-refractivity contribution in [3.05, 3.63) is 23.8 Å². The average Bonchev–Trinajstić information content (AvgIpc) is 3.26. The molecule has 2 N–H and O–H groups in total. The third-order valence-corrected chi connectivity index (χ3v) is 5.05. The maximum absolute atomic E-state index is 12.4. The molecule has 1 unspecified atom stereocenters. The fourth-order valence-corrected chi connectivity index (χ4v) is 3.50. The normalized spacial score (nSPS) is 22.2. The van der Waals surface area contributed by atoms with Gasteiger partial charge in [0.15, 0.2) is 0 Å². The highest BCUT2D eigenvalue weighted by molar-refractivity contribution is 5.82. The van der Waals surface area contributed by atoms with E-state index in [1.165, 1.54) is 0 Å². The van der Waals surface area contributed by atoms with Gasteiger partial charge in [0.1, 0.15) is 11.5 Å². The van der Waals surface area contributed by atoms with Crippen LogP contribution in [0.25, 0.3) is 0 Å². The number of nitrogens with one attached hydrogen (secondary N) is 2. The predicted octanol–water partition coefficient (Wildman–Crippen LogP) is 1.71. The van der Waals surface area contributed by atoms with Crippen molar-refractivity contribution in [3.63, 3.8) is 0 Å². The molecule has 1 heterocycles. The number of hydrogen-bond acceptors (Lipinski definition) is 4. The summed E-state index contributed by atoms with van der Waals surface area (Å²) in [5.74, 6) is 1.87. The summed E-state index contributed by atoms with van der Waals surface area (Å²) in [4.78, 5) is 12.4. The first-order chi connectivity index (χ1) is 10.7. The molecule has 1 aliphatic heterocycles. The Morgan fingerprint density at radius 3 is 2.77 bits per heavy atom. The Morgan fingerprint density at radius 1 is 1.32 bits per heavy atom. The van der Waals surface area contributed by atoms with E-state index in [1.54, 1.807) is 14.2 Å². The van der Waals surface area contributed by atoms with Crippen LogP contribution in [-0.2, 0) is 11.3 Å². The zero-order valence-electron chi connectivity index (χ0n) is 13.3. The topological polar surface area (TPSA) is 59.6 Å². The van der Waals surface area contributed by atoms with Crippen LogP contribution in [-0.4, -0.2) is 33.2 Å². The van der Waals surface area contributed by atoms with E-state index in [0.29, 0.717) is 6.54 Å². The van der Waals surface area contributed by atoms with Crippen molar-refractivity contribution < 1.29 is 14.3 Å². The molecule has 1 spiro atoms. The van der Waals surface area contributed by atoms with E-state index in [4.69, 9.17) is 9.47 Å².